The van der Waals surface area contributed by atoms with E-state index in [0.717, 1.165) is 57.1 Å². The molecule has 1 aromatic heterocycles. The molecule has 0 aliphatic carbocycles. The number of benzene rings is 1. The monoisotopic (exact) mass is 314 g/mol. The summed E-state index contributed by atoms with van der Waals surface area (Å²) < 4.78 is 1.86. The van der Waals surface area contributed by atoms with Crippen molar-refractivity contribution in [3.05, 3.63) is 41.7 Å². The maximum Gasteiger partial charge on any atom is 0.253 e. The summed E-state index contributed by atoms with van der Waals surface area (Å²) in [6.45, 7) is 6.86. The number of hydrogen-bond acceptors (Lipinski definition) is 5. The van der Waals surface area contributed by atoms with Crippen LogP contribution in [-0.4, -0.2) is 62.1 Å². The van der Waals surface area contributed by atoms with Gasteiger partial charge in [0, 0.05) is 38.3 Å². The molecule has 122 valence electrons. The molecular weight excluding hydrogens is 292 g/mol. The predicted octanol–water partition coefficient (Wildman–Crippen LogP) is 1.04. The highest BCUT2D eigenvalue weighted by molar-refractivity contribution is 5.94. The maximum absolute atomic E-state index is 12.4. The molecule has 2 heterocycles. The number of amides is 1. The lowest BCUT2D eigenvalue weighted by Gasteiger charge is -2.34. The summed E-state index contributed by atoms with van der Waals surface area (Å²) in [6, 6.07) is 9.46. The van der Waals surface area contributed by atoms with Crippen LogP contribution in [0.3, 0.4) is 0 Å². The van der Waals surface area contributed by atoms with Gasteiger partial charge < -0.3 is 4.90 Å². The van der Waals surface area contributed by atoms with E-state index in [9.17, 15) is 4.79 Å². The van der Waals surface area contributed by atoms with Crippen LogP contribution < -0.4 is 0 Å². The third-order valence-electron chi connectivity index (χ3n) is 4.09. The Morgan fingerprint density at radius 1 is 1.13 bits per heavy atom. The molecule has 1 saturated heterocycles. The smallest absolute Gasteiger partial charge is 0.253 e. The summed E-state index contributed by atoms with van der Waals surface area (Å²) in [7, 11) is 0. The minimum absolute atomic E-state index is 0.112. The van der Waals surface area contributed by atoms with Gasteiger partial charge in [0.1, 0.15) is 0 Å². The van der Waals surface area contributed by atoms with Gasteiger partial charge in [0.15, 0.2) is 5.82 Å². The number of aryl methyl sites for hydroxylation is 1. The summed E-state index contributed by atoms with van der Waals surface area (Å²) in [6.07, 6.45) is 1.01. The number of hydrogen-bond donors (Lipinski definition) is 0. The number of carbonyl (C=O) groups excluding carboxylic acids is 1. The Morgan fingerprint density at radius 3 is 2.57 bits per heavy atom. The first kappa shape index (κ1) is 15.6. The number of tetrazole rings is 1. The third-order valence-corrected chi connectivity index (χ3v) is 4.09. The van der Waals surface area contributed by atoms with E-state index in [1.807, 2.05) is 39.9 Å². The van der Waals surface area contributed by atoms with Gasteiger partial charge in [-0.1, -0.05) is 25.1 Å². The Hall–Kier alpha value is -2.28. The second-order valence-corrected chi connectivity index (χ2v) is 5.75. The third kappa shape index (κ3) is 3.73. The zero-order chi connectivity index (χ0) is 16.1. The van der Waals surface area contributed by atoms with Crippen LogP contribution in [0, 0.1) is 0 Å². The molecule has 0 spiro atoms. The van der Waals surface area contributed by atoms with Gasteiger partial charge in [-0.3, -0.25) is 9.69 Å². The molecule has 1 amide bonds. The average Bonchev–Trinajstić information content (AvgIpc) is 3.03. The fourth-order valence-corrected chi connectivity index (χ4v) is 2.79. The SMILES string of the molecule is CCCn1nnnc1CN1CCN(C(=O)c2ccccc2)CC1. The molecule has 1 aliphatic rings. The second-order valence-electron chi connectivity index (χ2n) is 5.75. The molecule has 0 radical (unpaired) electrons. The van der Waals surface area contributed by atoms with E-state index in [4.69, 9.17) is 0 Å². The van der Waals surface area contributed by atoms with Crippen LogP contribution in [0.5, 0.6) is 0 Å². The largest absolute Gasteiger partial charge is 0.336 e. The maximum atomic E-state index is 12.4. The fourth-order valence-electron chi connectivity index (χ4n) is 2.79. The highest BCUT2D eigenvalue weighted by Crippen LogP contribution is 2.10. The minimum Gasteiger partial charge on any atom is -0.336 e. The van der Waals surface area contributed by atoms with Crippen LogP contribution in [0.25, 0.3) is 0 Å². The molecule has 1 aromatic carbocycles. The summed E-state index contributed by atoms with van der Waals surface area (Å²) in [5, 5.41) is 11.9. The van der Waals surface area contributed by atoms with Gasteiger partial charge in [0.2, 0.25) is 0 Å². The van der Waals surface area contributed by atoms with E-state index in [-0.39, 0.29) is 5.91 Å². The second kappa shape index (κ2) is 7.32. The standard InChI is InChI=1S/C16H22N6O/c1-2-8-22-15(17-18-19-22)13-20-9-11-21(12-10-20)16(23)14-6-4-3-5-7-14/h3-7H,2,8-13H2,1H3. The number of carbonyl (C=O) groups is 1. The normalized spacial score (nSPS) is 15.8. The van der Waals surface area contributed by atoms with E-state index in [1.54, 1.807) is 0 Å². The van der Waals surface area contributed by atoms with Gasteiger partial charge in [-0.05, 0) is 29.0 Å². The van der Waals surface area contributed by atoms with Crippen molar-refractivity contribution in [1.82, 2.24) is 30.0 Å². The zero-order valence-corrected chi connectivity index (χ0v) is 13.4. The van der Waals surface area contributed by atoms with Crippen molar-refractivity contribution >= 4 is 5.91 Å². The van der Waals surface area contributed by atoms with E-state index in [0.29, 0.717) is 0 Å². The Morgan fingerprint density at radius 2 is 1.87 bits per heavy atom. The van der Waals surface area contributed by atoms with Crippen LogP contribution in [0.1, 0.15) is 29.5 Å². The molecule has 0 unspecified atom stereocenters. The molecule has 3 rings (SSSR count). The Bertz CT molecular complexity index is 633. The van der Waals surface area contributed by atoms with Gasteiger partial charge >= 0.3 is 0 Å². The molecule has 0 saturated carbocycles. The molecule has 1 fully saturated rings. The number of aromatic nitrogens is 4. The fraction of sp³-hybridized carbons (Fsp3) is 0.500. The predicted molar refractivity (Wildman–Crippen MR) is 85.7 cm³/mol. The first-order valence-corrected chi connectivity index (χ1v) is 8.09. The zero-order valence-electron chi connectivity index (χ0n) is 13.4. The van der Waals surface area contributed by atoms with Gasteiger partial charge in [0.05, 0.1) is 6.54 Å². The van der Waals surface area contributed by atoms with Crippen molar-refractivity contribution in [2.24, 2.45) is 0 Å². The van der Waals surface area contributed by atoms with Gasteiger partial charge in [-0.25, -0.2) is 4.68 Å². The van der Waals surface area contributed by atoms with E-state index >= 15 is 0 Å². The summed E-state index contributed by atoms with van der Waals surface area (Å²) in [4.78, 5) is 16.6. The molecule has 7 heteroatoms. The van der Waals surface area contributed by atoms with Crippen molar-refractivity contribution in [3.63, 3.8) is 0 Å². The molecule has 0 bridgehead atoms. The van der Waals surface area contributed by atoms with Gasteiger partial charge in [0.25, 0.3) is 5.91 Å². The lowest BCUT2D eigenvalue weighted by Crippen LogP contribution is -2.48. The van der Waals surface area contributed by atoms with Gasteiger partial charge in [-0.2, -0.15) is 0 Å². The molecule has 1 aliphatic heterocycles. The Kier molecular flexibility index (Phi) is 4.97. The molecule has 0 atom stereocenters. The lowest BCUT2D eigenvalue weighted by molar-refractivity contribution is 0.0623. The summed E-state index contributed by atoms with van der Waals surface area (Å²) >= 11 is 0. The first-order chi connectivity index (χ1) is 11.3. The van der Waals surface area contributed by atoms with E-state index in [2.05, 4.69) is 27.3 Å². The topological polar surface area (TPSA) is 67.2 Å². The van der Waals surface area contributed by atoms with Crippen LogP contribution in [-0.2, 0) is 13.1 Å². The van der Waals surface area contributed by atoms with Crippen LogP contribution in [0.4, 0.5) is 0 Å². The van der Waals surface area contributed by atoms with Crippen LogP contribution >= 0.6 is 0 Å². The average molecular weight is 314 g/mol. The van der Waals surface area contributed by atoms with Crippen LogP contribution in [0.2, 0.25) is 0 Å². The molecular formula is C16H22N6O. The quantitative estimate of drug-likeness (QED) is 0.825. The van der Waals surface area contributed by atoms with Crippen molar-refractivity contribution in [2.75, 3.05) is 26.2 Å². The highest BCUT2D eigenvalue weighted by Gasteiger charge is 2.23. The lowest BCUT2D eigenvalue weighted by atomic mass is 10.2. The Labute approximate surface area is 135 Å². The van der Waals surface area contributed by atoms with Crippen LogP contribution in [0.15, 0.2) is 30.3 Å². The molecule has 7 nitrogen and oxygen atoms in total. The molecule has 0 N–H and O–H groups in total. The number of nitrogens with zero attached hydrogens (tertiary/aromatic N) is 6. The molecule has 2 aromatic rings. The van der Waals surface area contributed by atoms with E-state index < -0.39 is 0 Å². The van der Waals surface area contributed by atoms with Crippen molar-refractivity contribution in [2.45, 2.75) is 26.4 Å². The van der Waals surface area contributed by atoms with Crippen molar-refractivity contribution in [1.29, 1.82) is 0 Å². The Balaban J connectivity index is 1.54. The highest BCUT2D eigenvalue weighted by atomic mass is 16.2. The number of rotatable bonds is 5. The minimum atomic E-state index is 0.112. The molecule has 23 heavy (non-hydrogen) atoms. The van der Waals surface area contributed by atoms with Crippen molar-refractivity contribution in [3.8, 4) is 0 Å². The van der Waals surface area contributed by atoms with Crippen molar-refractivity contribution < 1.29 is 4.79 Å². The van der Waals surface area contributed by atoms with Gasteiger partial charge in [-0.15, -0.1) is 5.10 Å². The summed E-state index contributed by atoms with van der Waals surface area (Å²) in [5.41, 5.74) is 0.757. The number of piperazine rings is 1. The summed E-state index contributed by atoms with van der Waals surface area (Å²) in [5.74, 6) is 1.01. The van der Waals surface area contributed by atoms with E-state index in [1.165, 1.54) is 0 Å². The first-order valence-electron chi connectivity index (χ1n) is 8.09.